The highest BCUT2D eigenvalue weighted by Crippen LogP contribution is 2.31. The van der Waals surface area contributed by atoms with E-state index in [4.69, 9.17) is 0 Å². The number of fused-ring (bicyclic) bond motifs is 2. The second kappa shape index (κ2) is 3.69. The highest BCUT2D eigenvalue weighted by atomic mass is 127. The SMILES string of the molecule is OC1CNCc2cc3c(cc21)CN(I)C3. The van der Waals surface area contributed by atoms with Gasteiger partial charge in [0.25, 0.3) is 0 Å². The van der Waals surface area contributed by atoms with E-state index in [2.05, 4.69) is 43.4 Å². The number of rotatable bonds is 0. The number of benzene rings is 1. The van der Waals surface area contributed by atoms with E-state index in [0.29, 0.717) is 6.54 Å². The minimum atomic E-state index is -0.331. The van der Waals surface area contributed by atoms with Crippen LogP contribution in [0.1, 0.15) is 28.4 Å². The molecule has 0 fully saturated rings. The number of nitrogens with one attached hydrogen (secondary N) is 1. The van der Waals surface area contributed by atoms with Crippen LogP contribution in [-0.4, -0.2) is 14.8 Å². The third kappa shape index (κ3) is 1.69. The summed E-state index contributed by atoms with van der Waals surface area (Å²) in [6.45, 7) is 3.60. The lowest BCUT2D eigenvalue weighted by atomic mass is 9.94. The molecule has 0 spiro atoms. The van der Waals surface area contributed by atoms with Crippen molar-refractivity contribution in [2.45, 2.75) is 25.7 Å². The van der Waals surface area contributed by atoms with Crippen LogP contribution in [0.25, 0.3) is 0 Å². The van der Waals surface area contributed by atoms with Crippen molar-refractivity contribution in [3.8, 4) is 0 Å². The van der Waals surface area contributed by atoms with Crippen molar-refractivity contribution < 1.29 is 5.11 Å². The first-order chi connectivity index (χ1) is 7.24. The van der Waals surface area contributed by atoms with Crippen LogP contribution < -0.4 is 5.32 Å². The van der Waals surface area contributed by atoms with Gasteiger partial charge in [-0.05, 0) is 22.3 Å². The minimum absolute atomic E-state index is 0.331. The largest absolute Gasteiger partial charge is 0.387 e. The lowest BCUT2D eigenvalue weighted by Gasteiger charge is -2.23. The Morgan fingerprint density at radius 1 is 1.27 bits per heavy atom. The van der Waals surface area contributed by atoms with E-state index in [0.717, 1.165) is 25.2 Å². The number of aliphatic hydroxyl groups excluding tert-OH is 1. The van der Waals surface area contributed by atoms with Gasteiger partial charge >= 0.3 is 0 Å². The summed E-state index contributed by atoms with van der Waals surface area (Å²) in [5.41, 5.74) is 5.18. The van der Waals surface area contributed by atoms with Crippen molar-refractivity contribution in [1.82, 2.24) is 8.43 Å². The Hall–Kier alpha value is -0.170. The Morgan fingerprint density at radius 3 is 2.80 bits per heavy atom. The van der Waals surface area contributed by atoms with Crippen LogP contribution in [0.15, 0.2) is 12.1 Å². The smallest absolute Gasteiger partial charge is 0.0917 e. The van der Waals surface area contributed by atoms with E-state index in [-0.39, 0.29) is 6.10 Å². The molecular weight excluding hydrogens is 303 g/mol. The number of halogens is 1. The molecule has 2 N–H and O–H groups in total. The predicted molar refractivity (Wildman–Crippen MR) is 66.4 cm³/mol. The van der Waals surface area contributed by atoms with Gasteiger partial charge in [-0.15, -0.1) is 0 Å². The lowest BCUT2D eigenvalue weighted by Crippen LogP contribution is -2.28. The van der Waals surface area contributed by atoms with Gasteiger partial charge in [-0.2, -0.15) is 0 Å². The van der Waals surface area contributed by atoms with E-state index >= 15 is 0 Å². The molecule has 2 aliphatic rings. The maximum Gasteiger partial charge on any atom is 0.0917 e. The van der Waals surface area contributed by atoms with Crippen LogP contribution in [0.5, 0.6) is 0 Å². The normalized spacial score (nSPS) is 25.1. The third-order valence-corrected chi connectivity index (χ3v) is 3.84. The topological polar surface area (TPSA) is 35.5 Å². The summed E-state index contributed by atoms with van der Waals surface area (Å²) in [7, 11) is 0. The van der Waals surface area contributed by atoms with Crippen LogP contribution in [0.4, 0.5) is 0 Å². The van der Waals surface area contributed by atoms with E-state index in [1.807, 2.05) is 0 Å². The van der Waals surface area contributed by atoms with Gasteiger partial charge in [0.15, 0.2) is 0 Å². The summed E-state index contributed by atoms with van der Waals surface area (Å²) in [6, 6.07) is 4.44. The molecule has 1 unspecified atom stereocenters. The van der Waals surface area contributed by atoms with Crippen LogP contribution in [0.2, 0.25) is 0 Å². The molecule has 0 aromatic heterocycles. The summed E-state index contributed by atoms with van der Waals surface area (Å²) in [6.07, 6.45) is -0.331. The van der Waals surface area contributed by atoms with Crippen LogP contribution in [-0.2, 0) is 19.6 Å². The molecule has 2 heterocycles. The molecule has 0 saturated heterocycles. The molecule has 0 bridgehead atoms. The van der Waals surface area contributed by atoms with Crippen molar-refractivity contribution >= 4 is 22.9 Å². The number of hydrogen-bond donors (Lipinski definition) is 2. The molecule has 0 aliphatic carbocycles. The summed E-state index contributed by atoms with van der Waals surface area (Å²) >= 11 is 2.35. The van der Waals surface area contributed by atoms with Crippen molar-refractivity contribution in [1.29, 1.82) is 0 Å². The average molecular weight is 316 g/mol. The fourth-order valence-electron chi connectivity index (χ4n) is 2.40. The number of hydrogen-bond acceptors (Lipinski definition) is 3. The fourth-order valence-corrected chi connectivity index (χ4v) is 3.13. The summed E-state index contributed by atoms with van der Waals surface area (Å²) < 4.78 is 2.27. The summed E-state index contributed by atoms with van der Waals surface area (Å²) in [5, 5.41) is 13.1. The maximum atomic E-state index is 9.88. The standard InChI is InChI=1S/C11H13IN2O/c12-14-5-8-1-7-3-13-4-11(15)10(7)2-9(8)6-14/h1-2,11,13,15H,3-6H2. The zero-order valence-corrected chi connectivity index (χ0v) is 10.5. The maximum absolute atomic E-state index is 9.88. The Labute approximate surface area is 103 Å². The minimum Gasteiger partial charge on any atom is -0.387 e. The molecule has 0 saturated carbocycles. The van der Waals surface area contributed by atoms with Gasteiger partial charge in [0.1, 0.15) is 0 Å². The molecule has 0 amide bonds. The van der Waals surface area contributed by atoms with Gasteiger partial charge in [-0.25, -0.2) is 3.11 Å². The van der Waals surface area contributed by atoms with Gasteiger partial charge < -0.3 is 10.4 Å². The van der Waals surface area contributed by atoms with E-state index in [1.54, 1.807) is 0 Å². The molecule has 1 aromatic carbocycles. The predicted octanol–water partition coefficient (Wildman–Crippen LogP) is 1.49. The van der Waals surface area contributed by atoms with Gasteiger partial charge in [0, 0.05) is 49.0 Å². The molecule has 1 aromatic rings. The Balaban J connectivity index is 2.08. The first-order valence-corrected chi connectivity index (χ1v) is 6.14. The van der Waals surface area contributed by atoms with Gasteiger partial charge in [-0.3, -0.25) is 0 Å². The molecule has 3 rings (SSSR count). The average Bonchev–Trinajstić information content (AvgIpc) is 2.55. The zero-order chi connectivity index (χ0) is 10.4. The zero-order valence-electron chi connectivity index (χ0n) is 8.33. The number of nitrogens with zero attached hydrogens (tertiary/aromatic N) is 1. The fraction of sp³-hybridized carbons (Fsp3) is 0.455. The summed E-state index contributed by atoms with van der Waals surface area (Å²) in [5.74, 6) is 0. The molecule has 80 valence electrons. The third-order valence-electron chi connectivity index (χ3n) is 3.16. The van der Waals surface area contributed by atoms with E-state index < -0.39 is 0 Å². The van der Waals surface area contributed by atoms with Gasteiger partial charge in [-0.1, -0.05) is 12.1 Å². The Morgan fingerprint density at radius 2 is 2.00 bits per heavy atom. The molecule has 1 atom stereocenters. The van der Waals surface area contributed by atoms with Gasteiger partial charge in [0.05, 0.1) is 6.10 Å². The van der Waals surface area contributed by atoms with E-state index in [1.165, 1.54) is 16.7 Å². The van der Waals surface area contributed by atoms with Crippen molar-refractivity contribution in [3.05, 3.63) is 34.4 Å². The quantitative estimate of drug-likeness (QED) is 0.562. The first kappa shape index (κ1) is 10.0. The monoisotopic (exact) mass is 316 g/mol. The summed E-state index contributed by atoms with van der Waals surface area (Å²) in [4.78, 5) is 0. The first-order valence-electron chi connectivity index (χ1n) is 5.18. The van der Waals surface area contributed by atoms with Crippen LogP contribution in [0.3, 0.4) is 0 Å². The molecule has 2 aliphatic heterocycles. The van der Waals surface area contributed by atoms with Gasteiger partial charge in [0.2, 0.25) is 0 Å². The second-order valence-electron chi connectivity index (χ2n) is 4.25. The van der Waals surface area contributed by atoms with Crippen LogP contribution in [0, 0.1) is 0 Å². The lowest BCUT2D eigenvalue weighted by molar-refractivity contribution is 0.165. The second-order valence-corrected chi connectivity index (χ2v) is 5.61. The van der Waals surface area contributed by atoms with Crippen molar-refractivity contribution in [2.24, 2.45) is 0 Å². The highest BCUT2D eigenvalue weighted by molar-refractivity contribution is 14.1. The Bertz CT molecular complexity index is 408. The highest BCUT2D eigenvalue weighted by Gasteiger charge is 2.23. The molecule has 4 heteroatoms. The molecule has 0 radical (unpaired) electrons. The van der Waals surface area contributed by atoms with Crippen LogP contribution >= 0.6 is 22.9 Å². The molecule has 3 nitrogen and oxygen atoms in total. The molecule has 15 heavy (non-hydrogen) atoms. The van der Waals surface area contributed by atoms with Crippen molar-refractivity contribution in [3.63, 3.8) is 0 Å². The number of aliphatic hydroxyl groups is 1. The van der Waals surface area contributed by atoms with E-state index in [9.17, 15) is 5.11 Å². The van der Waals surface area contributed by atoms with Crippen molar-refractivity contribution in [2.75, 3.05) is 6.54 Å². The Kier molecular flexibility index (Phi) is 2.47. The molecular formula is C11H13IN2O. The number of β-amino-alcohol motifs (C(OH)–C–C–N with tert-alkyl or cyclic N) is 1.